The van der Waals surface area contributed by atoms with Gasteiger partial charge >= 0.3 is 0 Å². The van der Waals surface area contributed by atoms with Crippen LogP contribution in [0.2, 0.25) is 0 Å². The average Bonchev–Trinajstić information content (AvgIpc) is 3.90. The third-order valence-corrected chi connectivity index (χ3v) is 11.9. The van der Waals surface area contributed by atoms with Crippen LogP contribution >= 0.6 is 11.3 Å². The molecular formula is C44H21N3O2S. The first kappa shape index (κ1) is 25.5. The van der Waals surface area contributed by atoms with Gasteiger partial charge in [-0.2, -0.15) is 0 Å². The summed E-state index contributed by atoms with van der Waals surface area (Å²) >= 11 is 1.81. The fourth-order valence-corrected chi connectivity index (χ4v) is 9.91. The molecule has 5 heterocycles. The van der Waals surface area contributed by atoms with Crippen molar-refractivity contribution in [3.05, 3.63) is 127 Å². The van der Waals surface area contributed by atoms with Crippen LogP contribution in [0, 0.1) is 0 Å². The second kappa shape index (κ2) is 8.74. The first-order valence-electron chi connectivity index (χ1n) is 16.7. The van der Waals surface area contributed by atoms with Crippen LogP contribution in [0.15, 0.2) is 136 Å². The van der Waals surface area contributed by atoms with E-state index in [-0.39, 0.29) is 0 Å². The minimum absolute atomic E-state index is 0.611. The summed E-state index contributed by atoms with van der Waals surface area (Å²) in [6.45, 7) is 0. The minimum Gasteiger partial charge on any atom is -0.456 e. The summed E-state index contributed by atoms with van der Waals surface area (Å²) in [4.78, 5) is 10.9. The van der Waals surface area contributed by atoms with E-state index in [9.17, 15) is 0 Å². The number of aromatic nitrogens is 3. The fourth-order valence-electron chi connectivity index (χ4n) is 8.77. The molecule has 5 nitrogen and oxygen atoms in total. The molecular weight excluding hydrogens is 635 g/mol. The third kappa shape index (κ3) is 2.97. The van der Waals surface area contributed by atoms with Gasteiger partial charge in [-0.3, -0.25) is 4.57 Å². The Balaban J connectivity index is 1.25. The normalized spacial score (nSPS) is 12.8. The molecule has 0 amide bonds. The van der Waals surface area contributed by atoms with Gasteiger partial charge in [-0.05, 0) is 70.4 Å². The number of nitrogens with zero attached hydrogens (tertiary/aromatic N) is 3. The molecule has 1 aliphatic rings. The van der Waals surface area contributed by atoms with E-state index >= 15 is 0 Å². The van der Waals surface area contributed by atoms with E-state index in [1.54, 1.807) is 11.3 Å². The maximum Gasteiger partial charge on any atom is 0.236 e. The van der Waals surface area contributed by atoms with Crippen molar-refractivity contribution in [3.8, 4) is 28.3 Å². The molecule has 13 rings (SSSR count). The van der Waals surface area contributed by atoms with Crippen LogP contribution in [0.4, 0.5) is 0 Å². The van der Waals surface area contributed by atoms with Crippen LogP contribution in [0.25, 0.3) is 125 Å². The second-order valence-corrected chi connectivity index (χ2v) is 14.3. The maximum absolute atomic E-state index is 6.64. The highest BCUT2D eigenvalue weighted by molar-refractivity contribution is 7.25. The lowest BCUT2D eigenvalue weighted by atomic mass is 9.95. The van der Waals surface area contributed by atoms with E-state index in [4.69, 9.17) is 18.8 Å². The van der Waals surface area contributed by atoms with Crippen molar-refractivity contribution in [2.24, 2.45) is 0 Å². The van der Waals surface area contributed by atoms with Crippen molar-refractivity contribution in [3.63, 3.8) is 0 Å². The topological polar surface area (TPSA) is 57.0 Å². The van der Waals surface area contributed by atoms with Gasteiger partial charge in [0.2, 0.25) is 5.95 Å². The van der Waals surface area contributed by atoms with Crippen LogP contribution in [0.5, 0.6) is 0 Å². The lowest BCUT2D eigenvalue weighted by molar-refractivity contribution is 0.666. The number of para-hydroxylation sites is 1. The van der Waals surface area contributed by atoms with Crippen molar-refractivity contribution in [1.82, 2.24) is 14.5 Å². The molecule has 7 aromatic carbocycles. The molecule has 50 heavy (non-hydrogen) atoms. The minimum atomic E-state index is 0.611. The molecule has 0 unspecified atom stereocenters. The van der Waals surface area contributed by atoms with Gasteiger partial charge in [0, 0.05) is 52.7 Å². The molecule has 0 saturated carbocycles. The Morgan fingerprint density at radius 2 is 1.16 bits per heavy atom. The van der Waals surface area contributed by atoms with Gasteiger partial charge in [-0.15, -0.1) is 11.3 Å². The summed E-state index contributed by atoms with van der Waals surface area (Å²) in [6.07, 6.45) is 0. The highest BCUT2D eigenvalue weighted by Gasteiger charge is 2.28. The molecule has 0 saturated heterocycles. The summed E-state index contributed by atoms with van der Waals surface area (Å²) in [7, 11) is 0. The Kier molecular flexibility index (Phi) is 4.46. The van der Waals surface area contributed by atoms with Crippen LogP contribution < -0.4 is 0 Å². The quantitative estimate of drug-likeness (QED) is 0.186. The molecule has 1 aliphatic carbocycles. The van der Waals surface area contributed by atoms with E-state index in [1.165, 1.54) is 52.8 Å². The Labute approximate surface area is 286 Å². The molecule has 0 fully saturated rings. The van der Waals surface area contributed by atoms with Gasteiger partial charge in [-0.25, -0.2) is 9.97 Å². The van der Waals surface area contributed by atoms with Gasteiger partial charge < -0.3 is 8.83 Å². The molecule has 0 aliphatic heterocycles. The number of benzene rings is 7. The Bertz CT molecular complexity index is 3510. The molecule has 0 bridgehead atoms. The lowest BCUT2D eigenvalue weighted by Gasteiger charge is -2.12. The molecule has 0 spiro atoms. The van der Waals surface area contributed by atoms with Gasteiger partial charge in [0.15, 0.2) is 5.58 Å². The summed E-state index contributed by atoms with van der Waals surface area (Å²) in [5, 5.41) is 10.5. The molecule has 6 heteroatoms. The number of fused-ring (bicyclic) bond motifs is 7. The van der Waals surface area contributed by atoms with Gasteiger partial charge in [0.1, 0.15) is 28.0 Å². The summed E-state index contributed by atoms with van der Waals surface area (Å²) in [6, 6.07) is 45.0. The molecule has 5 aromatic heterocycles. The first-order valence-corrected chi connectivity index (χ1v) is 17.6. The second-order valence-electron chi connectivity index (χ2n) is 13.2. The van der Waals surface area contributed by atoms with Crippen LogP contribution in [0.1, 0.15) is 0 Å². The zero-order valence-corrected chi connectivity index (χ0v) is 27.0. The van der Waals surface area contributed by atoms with Crippen molar-refractivity contribution >= 4 is 108 Å². The summed E-state index contributed by atoms with van der Waals surface area (Å²) in [5.74, 6) is 0.611. The van der Waals surface area contributed by atoms with E-state index < -0.39 is 0 Å². The van der Waals surface area contributed by atoms with Gasteiger partial charge in [0.25, 0.3) is 0 Å². The summed E-state index contributed by atoms with van der Waals surface area (Å²) in [5.41, 5.74) is 10.4. The van der Waals surface area contributed by atoms with Gasteiger partial charge in [-0.1, -0.05) is 78.9 Å². The highest BCUT2D eigenvalue weighted by Crippen LogP contribution is 2.51. The van der Waals surface area contributed by atoms with Crippen LogP contribution in [-0.2, 0) is 0 Å². The van der Waals surface area contributed by atoms with Crippen molar-refractivity contribution in [2.45, 2.75) is 0 Å². The van der Waals surface area contributed by atoms with Crippen molar-refractivity contribution < 1.29 is 8.83 Å². The molecule has 230 valence electrons. The summed E-state index contributed by atoms with van der Waals surface area (Å²) < 4.78 is 17.9. The molecule has 0 atom stereocenters. The third-order valence-electron chi connectivity index (χ3n) is 10.8. The first-order chi connectivity index (χ1) is 24.8. The van der Waals surface area contributed by atoms with E-state index in [0.717, 1.165) is 60.7 Å². The molecule has 0 N–H and O–H groups in total. The zero-order valence-electron chi connectivity index (χ0n) is 26.2. The monoisotopic (exact) mass is 655 g/mol. The van der Waals surface area contributed by atoms with Crippen molar-refractivity contribution in [2.75, 3.05) is 0 Å². The highest BCUT2D eigenvalue weighted by atomic mass is 32.1. The zero-order chi connectivity index (χ0) is 32.2. The number of furan rings is 2. The fraction of sp³-hybridized carbons (Fsp3) is 0. The predicted molar refractivity (Wildman–Crippen MR) is 206 cm³/mol. The largest absolute Gasteiger partial charge is 0.456 e. The van der Waals surface area contributed by atoms with Crippen LogP contribution in [-0.4, -0.2) is 14.5 Å². The average molecular weight is 656 g/mol. The van der Waals surface area contributed by atoms with E-state index in [1.807, 2.05) is 18.2 Å². The molecule has 12 aromatic rings. The smallest absolute Gasteiger partial charge is 0.236 e. The van der Waals surface area contributed by atoms with Crippen molar-refractivity contribution in [1.29, 1.82) is 0 Å². The number of hydrogen-bond donors (Lipinski definition) is 0. The Hall–Kier alpha value is -6.50. The standard InChI is InChI=1S/C44H21N3O2S/c1-3-14-30-25(9-1)41-43(49-30)42(27-13-7-17-34-36(27)26-10-2-4-16-33(26)50-34)46-44(45-41)47-28-19-18-22-8-5-11-23-24-12-6-15-31-37(24)40-32(48-31)21-20-29(47)39(40)38(28)35(22)23/h1-21H. The Morgan fingerprint density at radius 1 is 0.460 bits per heavy atom. The van der Waals surface area contributed by atoms with E-state index in [0.29, 0.717) is 11.5 Å². The van der Waals surface area contributed by atoms with E-state index in [2.05, 4.69) is 114 Å². The lowest BCUT2D eigenvalue weighted by Crippen LogP contribution is -2.03. The number of rotatable bonds is 2. The Morgan fingerprint density at radius 3 is 2.10 bits per heavy atom. The number of hydrogen-bond acceptors (Lipinski definition) is 5. The van der Waals surface area contributed by atoms with Crippen LogP contribution in [0.3, 0.4) is 0 Å². The number of thiophene rings is 1. The molecule has 0 radical (unpaired) electrons. The maximum atomic E-state index is 6.64. The predicted octanol–water partition coefficient (Wildman–Crippen LogP) is 12.5. The van der Waals surface area contributed by atoms with Gasteiger partial charge in [0.05, 0.1) is 11.0 Å². The SMILES string of the molecule is c1cc2c3c(c1)ccc1c3c3c4c(ccc3n1-c1nc(-c3cccc5sc6ccccc6c35)c3oc5ccccc5c3n1)oc1cccc-2c14.